The van der Waals surface area contributed by atoms with Crippen LogP contribution >= 0.6 is 0 Å². The van der Waals surface area contributed by atoms with Gasteiger partial charge in [-0.3, -0.25) is 0 Å². The molecule has 1 unspecified atom stereocenters. The first-order valence-corrected chi connectivity index (χ1v) is 18.1. The highest BCUT2D eigenvalue weighted by Gasteiger charge is 2.44. The van der Waals surface area contributed by atoms with Crippen LogP contribution in [0, 0.1) is 0 Å². The second-order valence-corrected chi connectivity index (χ2v) is 15.8. The Morgan fingerprint density at radius 2 is 0.822 bits per heavy atom. The van der Waals surface area contributed by atoms with Crippen LogP contribution < -0.4 is 20.5 Å². The molecular weight excluding hydrogens is 559 g/mol. The molecule has 8 rings (SSSR count). The lowest BCUT2D eigenvalue weighted by molar-refractivity contribution is 1.29. The minimum absolute atomic E-state index is 1.14. The van der Waals surface area contributed by atoms with Gasteiger partial charge in [-0.25, -0.2) is 0 Å². The summed E-state index contributed by atoms with van der Waals surface area (Å²) in [6.45, 7) is 2.52. The Morgan fingerprint density at radius 3 is 1.38 bits per heavy atom. The Bertz CT molecular complexity index is 2000. The van der Waals surface area contributed by atoms with Gasteiger partial charge in [0.05, 0.1) is 5.69 Å². The van der Waals surface area contributed by atoms with Crippen molar-refractivity contribution in [3.8, 4) is 33.4 Å². The highest BCUT2D eigenvalue weighted by molar-refractivity contribution is 7.13. The second-order valence-electron chi connectivity index (χ2n) is 11.9. The summed E-state index contributed by atoms with van der Waals surface area (Å²) in [6.07, 6.45) is 0. The molecule has 0 aliphatic carbocycles. The van der Waals surface area contributed by atoms with Gasteiger partial charge in [0, 0.05) is 16.9 Å². The molecule has 1 atom stereocenters. The molecule has 0 bridgehead atoms. The molecule has 2 heteroatoms. The molecule has 7 aromatic rings. The van der Waals surface area contributed by atoms with Crippen molar-refractivity contribution >= 4 is 40.7 Å². The van der Waals surface area contributed by atoms with Crippen LogP contribution in [0.3, 0.4) is 0 Å². The molecule has 0 aromatic heterocycles. The van der Waals surface area contributed by atoms with Crippen LogP contribution in [0.15, 0.2) is 182 Å². The predicted octanol–water partition coefficient (Wildman–Crippen LogP) is 9.57. The van der Waals surface area contributed by atoms with Crippen molar-refractivity contribution in [2.45, 2.75) is 6.55 Å². The minimum Gasteiger partial charge on any atom is -0.310 e. The first-order chi connectivity index (χ1) is 22.2. The zero-order valence-electron chi connectivity index (χ0n) is 25.3. The van der Waals surface area contributed by atoms with Crippen molar-refractivity contribution in [2.24, 2.45) is 0 Å². The van der Waals surface area contributed by atoms with Crippen molar-refractivity contribution in [1.82, 2.24) is 0 Å². The van der Waals surface area contributed by atoms with E-state index in [9.17, 15) is 0 Å². The number of hydrogen-bond acceptors (Lipinski definition) is 1. The van der Waals surface area contributed by atoms with Gasteiger partial charge < -0.3 is 4.90 Å². The van der Waals surface area contributed by atoms with E-state index in [2.05, 4.69) is 193 Å². The molecule has 0 N–H and O–H groups in total. The molecule has 0 saturated heterocycles. The molecule has 0 radical (unpaired) electrons. The van der Waals surface area contributed by atoms with Crippen molar-refractivity contribution in [1.29, 1.82) is 0 Å². The van der Waals surface area contributed by atoms with E-state index in [1.54, 1.807) is 0 Å². The smallest absolute Gasteiger partial charge is 0.147 e. The van der Waals surface area contributed by atoms with Gasteiger partial charge in [-0.1, -0.05) is 158 Å². The normalized spacial score (nSPS) is 14.9. The van der Waals surface area contributed by atoms with Gasteiger partial charge in [0.25, 0.3) is 0 Å². The van der Waals surface area contributed by atoms with E-state index < -0.39 is 8.07 Å². The topological polar surface area (TPSA) is 3.24 Å². The third-order valence-corrected chi connectivity index (χ3v) is 13.9. The quantitative estimate of drug-likeness (QED) is 0.174. The van der Waals surface area contributed by atoms with Crippen LogP contribution in [-0.2, 0) is 0 Å². The molecule has 214 valence electrons. The summed E-state index contributed by atoms with van der Waals surface area (Å²) in [6, 6.07) is 66.5. The average Bonchev–Trinajstić information content (AvgIpc) is 3.40. The summed E-state index contributed by atoms with van der Waals surface area (Å²) in [5, 5.41) is 4.40. The lowest BCUT2D eigenvalue weighted by Gasteiger charge is -2.29. The van der Waals surface area contributed by atoms with E-state index in [0.717, 1.165) is 11.4 Å². The molecule has 1 nitrogen and oxygen atoms in total. The van der Waals surface area contributed by atoms with Gasteiger partial charge in [-0.15, -0.1) is 0 Å². The van der Waals surface area contributed by atoms with Crippen LogP contribution in [0.1, 0.15) is 0 Å². The highest BCUT2D eigenvalue weighted by atomic mass is 28.3. The van der Waals surface area contributed by atoms with Crippen LogP contribution in [0.25, 0.3) is 33.4 Å². The largest absolute Gasteiger partial charge is 0.310 e. The summed E-state index contributed by atoms with van der Waals surface area (Å²) in [7, 11) is -2.22. The van der Waals surface area contributed by atoms with Crippen LogP contribution in [0.4, 0.5) is 17.1 Å². The fourth-order valence-corrected chi connectivity index (χ4v) is 11.2. The lowest BCUT2D eigenvalue weighted by Crippen LogP contribution is -2.62. The first kappa shape index (κ1) is 27.1. The Labute approximate surface area is 266 Å². The molecule has 1 aliphatic rings. The van der Waals surface area contributed by atoms with Crippen molar-refractivity contribution in [3.63, 3.8) is 0 Å². The Morgan fingerprint density at radius 1 is 0.378 bits per heavy atom. The predicted molar refractivity (Wildman–Crippen MR) is 194 cm³/mol. The molecule has 0 fully saturated rings. The van der Waals surface area contributed by atoms with E-state index >= 15 is 0 Å². The third-order valence-electron chi connectivity index (χ3n) is 9.37. The minimum atomic E-state index is -2.22. The van der Waals surface area contributed by atoms with Gasteiger partial charge in [0.2, 0.25) is 0 Å². The van der Waals surface area contributed by atoms with Crippen molar-refractivity contribution in [3.05, 3.63) is 182 Å². The number of fused-ring (bicyclic) bond motifs is 3. The van der Waals surface area contributed by atoms with Crippen LogP contribution in [0.5, 0.6) is 0 Å². The number of anilines is 3. The SMILES string of the molecule is C[Si]1(c2ccccc2)c2ccccc2-c2c(N(c3ccc(-c4ccccc4)cc3)c3ccc(-c4ccccc4)cc3)cccc21. The van der Waals surface area contributed by atoms with Gasteiger partial charge in [-0.2, -0.15) is 0 Å². The number of hydrogen-bond donors (Lipinski definition) is 0. The zero-order valence-corrected chi connectivity index (χ0v) is 26.3. The highest BCUT2D eigenvalue weighted by Crippen LogP contribution is 2.43. The van der Waals surface area contributed by atoms with E-state index in [1.165, 1.54) is 54.6 Å². The van der Waals surface area contributed by atoms with E-state index in [0.29, 0.717) is 0 Å². The Balaban J connectivity index is 1.33. The molecule has 1 heterocycles. The second kappa shape index (κ2) is 11.2. The van der Waals surface area contributed by atoms with Gasteiger partial charge >= 0.3 is 0 Å². The molecule has 45 heavy (non-hydrogen) atoms. The fourth-order valence-electron chi connectivity index (χ4n) is 7.09. The summed E-state index contributed by atoms with van der Waals surface area (Å²) < 4.78 is 0. The Kier molecular flexibility index (Phi) is 6.78. The molecule has 7 aromatic carbocycles. The molecule has 0 spiro atoms. The zero-order chi connectivity index (χ0) is 30.2. The average molecular weight is 592 g/mol. The summed E-state index contributed by atoms with van der Waals surface area (Å²) >= 11 is 0. The lowest BCUT2D eigenvalue weighted by atomic mass is 10.0. The molecule has 1 aliphatic heterocycles. The van der Waals surface area contributed by atoms with Crippen molar-refractivity contribution < 1.29 is 0 Å². The standard InChI is InChI=1S/C43H33NSi/c1-45(38-18-9-4-10-19-38)41-22-12-11-20-39(41)43-40(21-13-23-42(43)45)44(36-28-24-34(25-29-36)32-14-5-2-6-15-32)37-30-26-35(27-31-37)33-16-7-3-8-17-33/h2-31H,1H3. The molecule has 0 saturated carbocycles. The van der Waals surface area contributed by atoms with Crippen LogP contribution in [-0.4, -0.2) is 8.07 Å². The number of benzene rings is 7. The van der Waals surface area contributed by atoms with Gasteiger partial charge in [0.1, 0.15) is 8.07 Å². The summed E-state index contributed by atoms with van der Waals surface area (Å²) in [5.41, 5.74) is 11.1. The summed E-state index contributed by atoms with van der Waals surface area (Å²) in [4.78, 5) is 2.45. The maximum absolute atomic E-state index is 2.52. The number of nitrogens with zero attached hydrogens (tertiary/aromatic N) is 1. The van der Waals surface area contributed by atoms with Crippen LogP contribution in [0.2, 0.25) is 6.55 Å². The maximum atomic E-state index is 2.52. The van der Waals surface area contributed by atoms with Gasteiger partial charge in [-0.05, 0) is 73.7 Å². The van der Waals surface area contributed by atoms with E-state index in [1.807, 2.05) is 0 Å². The Hall–Kier alpha value is -5.44. The maximum Gasteiger partial charge on any atom is 0.147 e. The van der Waals surface area contributed by atoms with Crippen molar-refractivity contribution in [2.75, 3.05) is 4.90 Å². The molecule has 0 amide bonds. The fraction of sp³-hybridized carbons (Fsp3) is 0.0233. The first-order valence-electron chi connectivity index (χ1n) is 15.6. The monoisotopic (exact) mass is 591 g/mol. The third kappa shape index (κ3) is 4.62. The number of rotatable bonds is 6. The molecular formula is C43H33NSi. The van der Waals surface area contributed by atoms with E-state index in [-0.39, 0.29) is 0 Å². The van der Waals surface area contributed by atoms with Gasteiger partial charge in [0.15, 0.2) is 0 Å². The van der Waals surface area contributed by atoms with E-state index in [4.69, 9.17) is 0 Å². The summed E-state index contributed by atoms with van der Waals surface area (Å²) in [5.74, 6) is 0.